The van der Waals surface area contributed by atoms with Gasteiger partial charge in [0.15, 0.2) is 0 Å². The Morgan fingerprint density at radius 2 is 2.13 bits per heavy atom. The van der Waals surface area contributed by atoms with Gasteiger partial charge < -0.3 is 20.3 Å². The van der Waals surface area contributed by atoms with Crippen molar-refractivity contribution >= 4 is 6.09 Å². The van der Waals surface area contributed by atoms with Gasteiger partial charge in [-0.2, -0.15) is 0 Å². The Labute approximate surface area is 137 Å². The number of fused-ring (bicyclic) bond motifs is 1. The van der Waals surface area contributed by atoms with Crippen LogP contribution in [-0.4, -0.2) is 47.5 Å². The Bertz CT molecular complexity index is 568. The third kappa shape index (κ3) is 4.14. The quantitative estimate of drug-likeness (QED) is 0.884. The first-order chi connectivity index (χ1) is 10.7. The van der Waals surface area contributed by atoms with Crippen LogP contribution >= 0.6 is 0 Å². The highest BCUT2D eigenvalue weighted by Crippen LogP contribution is 2.29. The molecular formula is C17H26N2O4. The summed E-state index contributed by atoms with van der Waals surface area (Å²) in [5, 5.41) is 10.2. The van der Waals surface area contributed by atoms with E-state index in [2.05, 4.69) is 0 Å². The minimum absolute atomic E-state index is 0.0866. The van der Waals surface area contributed by atoms with Gasteiger partial charge in [-0.1, -0.05) is 6.07 Å². The molecule has 6 nitrogen and oxygen atoms in total. The molecule has 0 radical (unpaired) electrons. The Morgan fingerprint density at radius 3 is 2.70 bits per heavy atom. The zero-order chi connectivity index (χ0) is 17.2. The molecule has 0 aromatic heterocycles. The molecule has 1 aromatic rings. The molecule has 0 fully saturated rings. The van der Waals surface area contributed by atoms with Crippen LogP contribution in [0.15, 0.2) is 18.2 Å². The monoisotopic (exact) mass is 322 g/mol. The molecule has 128 valence electrons. The van der Waals surface area contributed by atoms with Gasteiger partial charge in [0.05, 0.1) is 19.3 Å². The highest BCUT2D eigenvalue weighted by molar-refractivity contribution is 5.69. The van der Waals surface area contributed by atoms with Crippen molar-refractivity contribution in [3.05, 3.63) is 29.3 Å². The van der Waals surface area contributed by atoms with Crippen molar-refractivity contribution in [1.82, 2.24) is 4.90 Å². The average Bonchev–Trinajstić information content (AvgIpc) is 2.50. The van der Waals surface area contributed by atoms with Crippen LogP contribution in [0, 0.1) is 0 Å². The number of amides is 1. The second kappa shape index (κ2) is 6.76. The number of carbonyl (C=O) groups excluding carboxylic acids is 1. The van der Waals surface area contributed by atoms with E-state index in [1.807, 2.05) is 39.0 Å². The molecule has 0 bridgehead atoms. The van der Waals surface area contributed by atoms with E-state index in [1.54, 1.807) is 12.0 Å². The van der Waals surface area contributed by atoms with Gasteiger partial charge in [-0.3, -0.25) is 4.90 Å². The fourth-order valence-electron chi connectivity index (χ4n) is 2.73. The summed E-state index contributed by atoms with van der Waals surface area (Å²) in [6.07, 6.45) is -0.720. The lowest BCUT2D eigenvalue weighted by molar-refractivity contribution is -0.0101. The molecule has 1 aliphatic rings. The van der Waals surface area contributed by atoms with E-state index < -0.39 is 23.8 Å². The van der Waals surface area contributed by atoms with Crippen molar-refractivity contribution in [1.29, 1.82) is 0 Å². The summed E-state index contributed by atoms with van der Waals surface area (Å²) in [7, 11) is 1.61. The molecule has 2 atom stereocenters. The molecule has 1 aliphatic heterocycles. The third-order valence-corrected chi connectivity index (χ3v) is 3.90. The van der Waals surface area contributed by atoms with E-state index >= 15 is 0 Å². The maximum Gasteiger partial charge on any atom is 0.410 e. The van der Waals surface area contributed by atoms with Gasteiger partial charge in [-0.05, 0) is 50.5 Å². The summed E-state index contributed by atoms with van der Waals surface area (Å²) in [5.74, 6) is 0.760. The topological polar surface area (TPSA) is 85.0 Å². The van der Waals surface area contributed by atoms with Crippen molar-refractivity contribution in [2.24, 2.45) is 5.73 Å². The second-order valence-corrected chi connectivity index (χ2v) is 6.82. The number of aliphatic hydroxyl groups excluding tert-OH is 1. The number of hydrogen-bond acceptors (Lipinski definition) is 5. The average molecular weight is 322 g/mol. The number of benzene rings is 1. The van der Waals surface area contributed by atoms with Crippen molar-refractivity contribution < 1.29 is 19.4 Å². The number of nitrogens with two attached hydrogens (primary N) is 1. The number of aliphatic hydroxyl groups is 1. The van der Waals surface area contributed by atoms with Crippen LogP contribution < -0.4 is 10.5 Å². The van der Waals surface area contributed by atoms with Gasteiger partial charge in [0.2, 0.25) is 0 Å². The van der Waals surface area contributed by atoms with Crippen molar-refractivity contribution in [2.45, 2.75) is 51.5 Å². The molecule has 1 amide bonds. The van der Waals surface area contributed by atoms with E-state index in [4.69, 9.17) is 15.2 Å². The van der Waals surface area contributed by atoms with Gasteiger partial charge >= 0.3 is 6.09 Å². The van der Waals surface area contributed by atoms with E-state index in [0.29, 0.717) is 13.0 Å². The van der Waals surface area contributed by atoms with Gasteiger partial charge in [-0.25, -0.2) is 4.79 Å². The second-order valence-electron chi connectivity index (χ2n) is 6.82. The molecule has 1 heterocycles. The summed E-state index contributed by atoms with van der Waals surface area (Å²) in [5.41, 5.74) is 7.11. The van der Waals surface area contributed by atoms with Crippen LogP contribution in [0.1, 0.15) is 31.9 Å². The first-order valence-electron chi connectivity index (χ1n) is 7.78. The van der Waals surface area contributed by atoms with E-state index in [9.17, 15) is 9.90 Å². The standard InChI is InChI=1S/C17H26N2O4/c1-17(2,3)23-16(21)19-10-11-5-6-13(22-4)7-12(11)8-14(19)15(20)9-18/h5-7,14-15,20H,8-10,18H2,1-4H3/t14-,15+/m0/s1. The third-order valence-electron chi connectivity index (χ3n) is 3.90. The number of rotatable bonds is 3. The van der Waals surface area contributed by atoms with Crippen molar-refractivity contribution in [3.8, 4) is 5.75 Å². The summed E-state index contributed by atoms with van der Waals surface area (Å²) >= 11 is 0. The SMILES string of the molecule is COc1ccc2c(c1)C[C@@H]([C@H](O)CN)N(C(=O)OC(C)(C)C)C2. The summed E-state index contributed by atoms with van der Waals surface area (Å²) in [4.78, 5) is 14.1. The Hall–Kier alpha value is -1.79. The first kappa shape index (κ1) is 17.6. The lowest BCUT2D eigenvalue weighted by Gasteiger charge is -2.39. The number of hydrogen-bond donors (Lipinski definition) is 2. The number of carbonyl (C=O) groups is 1. The largest absolute Gasteiger partial charge is 0.497 e. The predicted octanol–water partition coefficient (Wildman–Crippen LogP) is 1.68. The molecule has 0 unspecified atom stereocenters. The molecule has 0 saturated heterocycles. The number of nitrogens with zero attached hydrogens (tertiary/aromatic N) is 1. The first-order valence-corrected chi connectivity index (χ1v) is 7.78. The lowest BCUT2D eigenvalue weighted by atomic mass is 9.91. The summed E-state index contributed by atoms with van der Waals surface area (Å²) in [6, 6.07) is 5.34. The van der Waals surface area contributed by atoms with Crippen LogP contribution in [-0.2, 0) is 17.7 Å². The molecule has 3 N–H and O–H groups in total. The molecule has 0 saturated carbocycles. The Morgan fingerprint density at radius 1 is 1.43 bits per heavy atom. The molecule has 23 heavy (non-hydrogen) atoms. The maximum absolute atomic E-state index is 12.5. The highest BCUT2D eigenvalue weighted by Gasteiger charge is 2.36. The predicted molar refractivity (Wildman–Crippen MR) is 87.3 cm³/mol. The number of methoxy groups -OCH3 is 1. The lowest BCUT2D eigenvalue weighted by Crippen LogP contribution is -2.53. The van der Waals surface area contributed by atoms with Gasteiger partial charge in [0, 0.05) is 13.1 Å². The Kier molecular flexibility index (Phi) is 5.16. The minimum atomic E-state index is -0.804. The van der Waals surface area contributed by atoms with Crippen molar-refractivity contribution in [3.63, 3.8) is 0 Å². The van der Waals surface area contributed by atoms with Gasteiger partial charge in [0.1, 0.15) is 11.4 Å². The van der Waals surface area contributed by atoms with E-state index in [-0.39, 0.29) is 6.54 Å². The zero-order valence-corrected chi connectivity index (χ0v) is 14.2. The van der Waals surface area contributed by atoms with Crippen LogP contribution in [0.25, 0.3) is 0 Å². The Balaban J connectivity index is 2.30. The molecule has 0 aliphatic carbocycles. The van der Waals surface area contributed by atoms with E-state index in [1.165, 1.54) is 0 Å². The van der Waals surface area contributed by atoms with Crippen LogP contribution in [0.2, 0.25) is 0 Å². The summed E-state index contributed by atoms with van der Waals surface area (Å²) < 4.78 is 10.7. The van der Waals surface area contributed by atoms with Gasteiger partial charge in [-0.15, -0.1) is 0 Å². The summed E-state index contributed by atoms with van der Waals surface area (Å²) in [6.45, 7) is 5.94. The van der Waals surface area contributed by atoms with Crippen molar-refractivity contribution in [2.75, 3.05) is 13.7 Å². The smallest absolute Gasteiger partial charge is 0.410 e. The molecule has 6 heteroatoms. The molecule has 0 spiro atoms. The number of ether oxygens (including phenoxy) is 2. The molecular weight excluding hydrogens is 296 g/mol. The normalized spacial score (nSPS) is 19.0. The fraction of sp³-hybridized carbons (Fsp3) is 0.588. The molecule has 1 aromatic carbocycles. The van der Waals surface area contributed by atoms with Gasteiger partial charge in [0.25, 0.3) is 0 Å². The minimum Gasteiger partial charge on any atom is -0.497 e. The maximum atomic E-state index is 12.5. The van der Waals surface area contributed by atoms with Crippen LogP contribution in [0.3, 0.4) is 0 Å². The van der Waals surface area contributed by atoms with E-state index in [0.717, 1.165) is 16.9 Å². The highest BCUT2D eigenvalue weighted by atomic mass is 16.6. The molecule has 2 rings (SSSR count). The zero-order valence-electron chi connectivity index (χ0n) is 14.2. The van der Waals surface area contributed by atoms with Crippen LogP contribution in [0.5, 0.6) is 5.75 Å². The van der Waals surface area contributed by atoms with Crippen LogP contribution in [0.4, 0.5) is 4.79 Å². The fourth-order valence-corrected chi connectivity index (χ4v) is 2.73.